The number of imidazole rings is 1. The van der Waals surface area contributed by atoms with Crippen molar-refractivity contribution in [2.45, 2.75) is 45.4 Å². The Labute approximate surface area is 215 Å². The van der Waals surface area contributed by atoms with E-state index in [0.717, 1.165) is 82.9 Å². The molecule has 6 rings (SSSR count). The number of fused-ring (bicyclic) bond motifs is 2. The highest BCUT2D eigenvalue weighted by Crippen LogP contribution is 2.31. The number of unbranched alkanes of at least 4 members (excludes halogenated alkanes) is 1. The van der Waals surface area contributed by atoms with Crippen LogP contribution in [0.15, 0.2) is 55.1 Å². The number of aromatic amines is 2. The van der Waals surface area contributed by atoms with Crippen LogP contribution in [0.25, 0.3) is 44.8 Å². The van der Waals surface area contributed by atoms with Gasteiger partial charge in [0.2, 0.25) is 0 Å². The number of pyridine rings is 3. The first kappa shape index (κ1) is 23.1. The van der Waals surface area contributed by atoms with Crippen LogP contribution in [0.2, 0.25) is 0 Å². The predicted molar refractivity (Wildman–Crippen MR) is 148 cm³/mol. The van der Waals surface area contributed by atoms with Crippen LogP contribution in [0.5, 0.6) is 0 Å². The van der Waals surface area contributed by atoms with E-state index in [9.17, 15) is 0 Å². The summed E-state index contributed by atoms with van der Waals surface area (Å²) in [5.41, 5.74) is 7.75. The Kier molecular flexibility index (Phi) is 6.26. The van der Waals surface area contributed by atoms with Crippen molar-refractivity contribution in [3.05, 3.63) is 55.1 Å². The molecule has 3 N–H and O–H groups in total. The zero-order valence-corrected chi connectivity index (χ0v) is 21.1. The van der Waals surface area contributed by atoms with Crippen LogP contribution in [0.1, 0.15) is 45.4 Å². The third-order valence-electron chi connectivity index (χ3n) is 6.86. The van der Waals surface area contributed by atoms with Gasteiger partial charge in [0.05, 0.1) is 28.6 Å². The SMILES string of the molecule is C=C(CCCC)Nc1cncc(-c2ccc3[nH]nc(-c4nc5c(N6CCCCC6)nccc5[nH]4)c3n2)c1. The molecule has 6 heterocycles. The highest BCUT2D eigenvalue weighted by atomic mass is 15.2. The Bertz CT molecular complexity index is 1560. The van der Waals surface area contributed by atoms with Gasteiger partial charge in [-0.15, -0.1) is 0 Å². The molecular formula is C28H31N9. The molecule has 0 unspecified atom stereocenters. The van der Waals surface area contributed by atoms with Crippen LogP contribution in [-0.4, -0.2) is 48.2 Å². The van der Waals surface area contributed by atoms with Crippen molar-refractivity contribution in [3.8, 4) is 22.8 Å². The van der Waals surface area contributed by atoms with Gasteiger partial charge in [0.25, 0.3) is 0 Å². The van der Waals surface area contributed by atoms with E-state index >= 15 is 0 Å². The Morgan fingerprint density at radius 3 is 2.81 bits per heavy atom. The highest BCUT2D eigenvalue weighted by Gasteiger charge is 2.20. The first-order valence-corrected chi connectivity index (χ1v) is 13.0. The fourth-order valence-electron chi connectivity index (χ4n) is 4.90. The molecule has 9 nitrogen and oxygen atoms in total. The Balaban J connectivity index is 1.34. The summed E-state index contributed by atoms with van der Waals surface area (Å²) in [4.78, 5) is 24.8. The second kappa shape index (κ2) is 10.0. The molecule has 5 aromatic rings. The summed E-state index contributed by atoms with van der Waals surface area (Å²) >= 11 is 0. The minimum atomic E-state index is 0.679. The number of nitrogens with one attached hydrogen (secondary N) is 3. The van der Waals surface area contributed by atoms with Gasteiger partial charge in [-0.3, -0.25) is 10.1 Å². The number of aromatic nitrogens is 7. The Hall–Kier alpha value is -4.27. The van der Waals surface area contributed by atoms with Crippen molar-refractivity contribution in [2.75, 3.05) is 23.3 Å². The molecule has 0 aliphatic carbocycles. The maximum absolute atomic E-state index is 4.96. The van der Waals surface area contributed by atoms with Crippen molar-refractivity contribution in [1.29, 1.82) is 0 Å². The van der Waals surface area contributed by atoms with E-state index < -0.39 is 0 Å². The van der Waals surface area contributed by atoms with E-state index in [1.165, 1.54) is 19.3 Å². The maximum atomic E-state index is 4.96. The summed E-state index contributed by atoms with van der Waals surface area (Å²) in [5.74, 6) is 1.61. The van der Waals surface area contributed by atoms with Crippen molar-refractivity contribution >= 4 is 33.6 Å². The number of nitrogens with zero attached hydrogens (tertiary/aromatic N) is 6. The zero-order chi connectivity index (χ0) is 25.2. The lowest BCUT2D eigenvalue weighted by atomic mass is 10.1. The molecule has 0 aromatic carbocycles. The summed E-state index contributed by atoms with van der Waals surface area (Å²) in [6, 6.07) is 7.99. The van der Waals surface area contributed by atoms with Crippen LogP contribution in [0, 0.1) is 0 Å². The first-order chi connectivity index (χ1) is 18.2. The quantitative estimate of drug-likeness (QED) is 0.241. The van der Waals surface area contributed by atoms with Gasteiger partial charge in [-0.05, 0) is 56.4 Å². The molecule has 1 saturated heterocycles. The second-order valence-electron chi connectivity index (χ2n) is 9.62. The standard InChI is InChI=1S/C28H31N9/c1-3-4-8-18(2)31-20-15-19(16-29-17-20)21-9-10-23-24(32-21)26(36-35-23)27-33-22-11-12-30-28(25(22)34-27)37-13-6-5-7-14-37/h9-12,15-17,31H,2-8,13-14H2,1H3,(H,33,34)(H,35,36). The van der Waals surface area contributed by atoms with Crippen molar-refractivity contribution in [3.63, 3.8) is 0 Å². The van der Waals surface area contributed by atoms with Crippen LogP contribution >= 0.6 is 0 Å². The lowest BCUT2D eigenvalue weighted by Gasteiger charge is -2.27. The molecule has 1 aliphatic heterocycles. The second-order valence-corrected chi connectivity index (χ2v) is 9.62. The topological polar surface area (TPSA) is 111 Å². The summed E-state index contributed by atoms with van der Waals surface area (Å²) in [5, 5.41) is 11.1. The van der Waals surface area contributed by atoms with E-state index in [-0.39, 0.29) is 0 Å². The normalized spacial score (nSPS) is 13.9. The summed E-state index contributed by atoms with van der Waals surface area (Å²) in [7, 11) is 0. The molecule has 0 amide bonds. The van der Waals surface area contributed by atoms with E-state index in [1.807, 2.05) is 36.8 Å². The fraction of sp³-hybridized carbons (Fsp3) is 0.321. The number of hydrogen-bond acceptors (Lipinski definition) is 7. The minimum absolute atomic E-state index is 0.679. The van der Waals surface area contributed by atoms with Crippen molar-refractivity contribution in [2.24, 2.45) is 0 Å². The average Bonchev–Trinajstić information content (AvgIpc) is 3.56. The van der Waals surface area contributed by atoms with Gasteiger partial charge in [-0.2, -0.15) is 5.10 Å². The third kappa shape index (κ3) is 4.64. The van der Waals surface area contributed by atoms with Gasteiger partial charge in [-0.25, -0.2) is 15.0 Å². The van der Waals surface area contributed by atoms with E-state index in [1.54, 1.807) is 0 Å². The van der Waals surface area contributed by atoms with E-state index in [2.05, 4.69) is 54.9 Å². The Morgan fingerprint density at radius 2 is 1.95 bits per heavy atom. The van der Waals surface area contributed by atoms with Crippen LogP contribution in [-0.2, 0) is 0 Å². The summed E-state index contributed by atoms with van der Waals surface area (Å²) in [6.07, 6.45) is 12.3. The number of H-pyrrole nitrogens is 2. The molecule has 37 heavy (non-hydrogen) atoms. The van der Waals surface area contributed by atoms with Gasteiger partial charge >= 0.3 is 0 Å². The van der Waals surface area contributed by atoms with Gasteiger partial charge in [0.1, 0.15) is 11.0 Å². The number of anilines is 2. The molecule has 0 radical (unpaired) electrons. The summed E-state index contributed by atoms with van der Waals surface area (Å²) < 4.78 is 0. The first-order valence-electron chi connectivity index (χ1n) is 13.0. The third-order valence-corrected chi connectivity index (χ3v) is 6.86. The summed E-state index contributed by atoms with van der Waals surface area (Å²) in [6.45, 7) is 8.34. The molecule has 0 atom stereocenters. The number of piperidine rings is 1. The molecule has 1 fully saturated rings. The van der Waals surface area contributed by atoms with E-state index in [4.69, 9.17) is 9.97 Å². The van der Waals surface area contributed by atoms with Crippen LogP contribution in [0.4, 0.5) is 11.5 Å². The van der Waals surface area contributed by atoms with Gasteiger partial charge < -0.3 is 15.2 Å². The van der Waals surface area contributed by atoms with Gasteiger partial charge in [0, 0.05) is 36.7 Å². The molecule has 0 spiro atoms. The molecule has 1 aliphatic rings. The maximum Gasteiger partial charge on any atom is 0.161 e. The lowest BCUT2D eigenvalue weighted by molar-refractivity contribution is 0.574. The highest BCUT2D eigenvalue weighted by molar-refractivity contribution is 5.94. The smallest absolute Gasteiger partial charge is 0.161 e. The van der Waals surface area contributed by atoms with E-state index in [0.29, 0.717) is 11.5 Å². The molecule has 188 valence electrons. The zero-order valence-electron chi connectivity index (χ0n) is 21.1. The molecule has 0 bridgehead atoms. The minimum Gasteiger partial charge on any atom is -0.358 e. The predicted octanol–water partition coefficient (Wildman–Crippen LogP) is 6.06. The molecular weight excluding hydrogens is 462 g/mol. The number of rotatable bonds is 8. The van der Waals surface area contributed by atoms with Crippen molar-refractivity contribution in [1.82, 2.24) is 35.1 Å². The van der Waals surface area contributed by atoms with Crippen LogP contribution < -0.4 is 10.2 Å². The van der Waals surface area contributed by atoms with Gasteiger partial charge in [0.15, 0.2) is 17.3 Å². The van der Waals surface area contributed by atoms with Crippen LogP contribution in [0.3, 0.4) is 0 Å². The average molecular weight is 494 g/mol. The fourth-order valence-corrected chi connectivity index (χ4v) is 4.90. The van der Waals surface area contributed by atoms with Gasteiger partial charge in [-0.1, -0.05) is 19.9 Å². The monoisotopic (exact) mass is 493 g/mol. The van der Waals surface area contributed by atoms with Crippen molar-refractivity contribution < 1.29 is 0 Å². The lowest BCUT2D eigenvalue weighted by Crippen LogP contribution is -2.30. The molecule has 5 aromatic heterocycles. The largest absolute Gasteiger partial charge is 0.358 e. The molecule has 9 heteroatoms. The number of allylic oxidation sites excluding steroid dienone is 1. The Morgan fingerprint density at radius 1 is 1.05 bits per heavy atom. The number of hydrogen-bond donors (Lipinski definition) is 3. The molecule has 0 saturated carbocycles.